The smallest absolute Gasteiger partial charge is 0.241 e. The molecule has 0 atom stereocenters. The second-order valence-corrected chi connectivity index (χ2v) is 6.44. The summed E-state index contributed by atoms with van der Waals surface area (Å²) in [7, 11) is -3.88. The number of benzene rings is 1. The van der Waals surface area contributed by atoms with Crippen molar-refractivity contribution in [3.05, 3.63) is 46.5 Å². The molecule has 8 heteroatoms. The zero-order valence-electron chi connectivity index (χ0n) is 11.6. The summed E-state index contributed by atoms with van der Waals surface area (Å²) in [6.07, 6.45) is 1.52. The van der Waals surface area contributed by atoms with E-state index in [1.165, 1.54) is 19.2 Å². The van der Waals surface area contributed by atoms with Crippen molar-refractivity contribution in [2.24, 2.45) is 0 Å². The number of aromatic amines is 1. The third-order valence-corrected chi connectivity index (χ3v) is 4.74. The molecule has 1 aromatic heterocycles. The highest BCUT2D eigenvalue weighted by Gasteiger charge is 2.20. The van der Waals surface area contributed by atoms with Gasteiger partial charge in [-0.3, -0.25) is 5.10 Å². The van der Waals surface area contributed by atoms with Crippen molar-refractivity contribution in [2.75, 3.05) is 0 Å². The minimum absolute atomic E-state index is 0.0172. The van der Waals surface area contributed by atoms with Gasteiger partial charge in [0.05, 0.1) is 17.7 Å². The Morgan fingerprint density at radius 3 is 2.67 bits per heavy atom. The molecular weight excluding hydrogens is 297 g/mol. The van der Waals surface area contributed by atoms with E-state index in [4.69, 9.17) is 5.11 Å². The summed E-state index contributed by atoms with van der Waals surface area (Å²) in [5, 5.41) is 15.6. The number of aliphatic hydroxyl groups excluding tert-OH is 1. The van der Waals surface area contributed by atoms with Gasteiger partial charge in [0.1, 0.15) is 5.82 Å². The molecule has 0 saturated carbocycles. The minimum atomic E-state index is -3.88. The van der Waals surface area contributed by atoms with Crippen LogP contribution in [0.2, 0.25) is 0 Å². The van der Waals surface area contributed by atoms with Gasteiger partial charge in [0.2, 0.25) is 10.0 Å². The number of aromatic nitrogens is 2. The summed E-state index contributed by atoms with van der Waals surface area (Å²) in [6, 6.07) is 2.39. The van der Waals surface area contributed by atoms with Crippen LogP contribution in [-0.4, -0.2) is 23.7 Å². The highest BCUT2D eigenvalue weighted by Crippen LogP contribution is 2.21. The number of sulfonamides is 1. The fraction of sp³-hybridized carbons (Fsp3) is 0.308. The molecule has 1 aromatic carbocycles. The molecule has 0 aliphatic rings. The maximum atomic E-state index is 13.7. The first-order valence-corrected chi connectivity index (χ1v) is 7.72. The molecule has 1 heterocycles. The van der Waals surface area contributed by atoms with Crippen LogP contribution < -0.4 is 4.72 Å². The lowest BCUT2D eigenvalue weighted by molar-refractivity contribution is 0.281. The summed E-state index contributed by atoms with van der Waals surface area (Å²) in [4.78, 5) is -0.173. The van der Waals surface area contributed by atoms with Crippen LogP contribution in [0.4, 0.5) is 4.39 Å². The van der Waals surface area contributed by atoms with E-state index in [0.717, 1.165) is 11.8 Å². The lowest BCUT2D eigenvalue weighted by Crippen LogP contribution is -2.24. The Balaban J connectivity index is 2.31. The maximum Gasteiger partial charge on any atom is 0.241 e. The van der Waals surface area contributed by atoms with Crippen LogP contribution in [0, 0.1) is 19.7 Å². The second kappa shape index (κ2) is 5.92. The Bertz CT molecular complexity index is 756. The molecule has 0 amide bonds. The van der Waals surface area contributed by atoms with Crippen molar-refractivity contribution in [1.29, 1.82) is 0 Å². The Kier molecular flexibility index (Phi) is 4.40. The number of hydrogen-bond acceptors (Lipinski definition) is 4. The summed E-state index contributed by atoms with van der Waals surface area (Å²) >= 11 is 0. The van der Waals surface area contributed by atoms with Gasteiger partial charge in [-0.15, -0.1) is 0 Å². The molecule has 0 saturated heterocycles. The maximum absolute atomic E-state index is 13.7. The standard InChI is InChI=1S/C13H16FN3O3S/c1-8-12(14)3-10(7-18)4-13(8)21(19,20)16-6-11-5-15-17-9(11)2/h3-5,16,18H,6-7H2,1-2H3,(H,15,17). The molecule has 21 heavy (non-hydrogen) atoms. The van der Waals surface area contributed by atoms with Crippen LogP contribution >= 0.6 is 0 Å². The quantitative estimate of drug-likeness (QED) is 0.771. The molecule has 0 aliphatic heterocycles. The average Bonchev–Trinajstić information content (AvgIpc) is 2.84. The Morgan fingerprint density at radius 1 is 1.38 bits per heavy atom. The van der Waals surface area contributed by atoms with Gasteiger partial charge in [0.15, 0.2) is 0 Å². The lowest BCUT2D eigenvalue weighted by Gasteiger charge is -2.11. The Labute approximate surface area is 122 Å². The zero-order chi connectivity index (χ0) is 15.6. The van der Waals surface area contributed by atoms with Crippen molar-refractivity contribution in [2.45, 2.75) is 31.9 Å². The van der Waals surface area contributed by atoms with E-state index in [0.29, 0.717) is 5.56 Å². The van der Waals surface area contributed by atoms with Gasteiger partial charge in [-0.2, -0.15) is 5.10 Å². The number of H-pyrrole nitrogens is 1. The van der Waals surface area contributed by atoms with E-state index in [2.05, 4.69) is 14.9 Å². The van der Waals surface area contributed by atoms with E-state index in [1.807, 2.05) is 0 Å². The number of halogens is 1. The summed E-state index contributed by atoms with van der Waals surface area (Å²) in [5.41, 5.74) is 1.68. The van der Waals surface area contributed by atoms with Gasteiger partial charge in [-0.25, -0.2) is 17.5 Å². The van der Waals surface area contributed by atoms with Crippen LogP contribution in [0.25, 0.3) is 0 Å². The molecule has 0 spiro atoms. The SMILES string of the molecule is Cc1[nH]ncc1CNS(=O)(=O)c1cc(CO)cc(F)c1C. The van der Waals surface area contributed by atoms with Gasteiger partial charge in [-0.1, -0.05) is 0 Å². The van der Waals surface area contributed by atoms with Crippen LogP contribution in [-0.2, 0) is 23.2 Å². The monoisotopic (exact) mass is 313 g/mol. The average molecular weight is 313 g/mol. The summed E-state index contributed by atoms with van der Waals surface area (Å²) < 4.78 is 40.7. The van der Waals surface area contributed by atoms with Gasteiger partial charge >= 0.3 is 0 Å². The first-order chi connectivity index (χ1) is 9.85. The van der Waals surface area contributed by atoms with Crippen LogP contribution in [0.1, 0.15) is 22.4 Å². The van der Waals surface area contributed by atoms with Gasteiger partial charge in [-0.05, 0) is 31.5 Å². The normalized spacial score (nSPS) is 11.8. The summed E-state index contributed by atoms with van der Waals surface area (Å²) in [5.74, 6) is -0.665. The number of nitrogens with one attached hydrogen (secondary N) is 2. The molecule has 114 valence electrons. The molecule has 0 unspecified atom stereocenters. The topological polar surface area (TPSA) is 95.1 Å². The minimum Gasteiger partial charge on any atom is -0.392 e. The van der Waals surface area contributed by atoms with Gasteiger partial charge in [0, 0.05) is 23.4 Å². The fourth-order valence-electron chi connectivity index (χ4n) is 1.88. The molecule has 2 aromatic rings. The van der Waals surface area contributed by atoms with E-state index in [1.54, 1.807) is 6.92 Å². The largest absolute Gasteiger partial charge is 0.392 e. The van der Waals surface area contributed by atoms with Crippen molar-refractivity contribution in [1.82, 2.24) is 14.9 Å². The fourth-order valence-corrected chi connectivity index (χ4v) is 3.19. The molecule has 2 rings (SSSR count). The Morgan fingerprint density at radius 2 is 2.10 bits per heavy atom. The molecule has 0 radical (unpaired) electrons. The third kappa shape index (κ3) is 3.29. The number of hydrogen-bond donors (Lipinski definition) is 3. The van der Waals surface area contributed by atoms with Gasteiger partial charge < -0.3 is 5.11 Å². The first-order valence-electron chi connectivity index (χ1n) is 6.23. The van der Waals surface area contributed by atoms with Crippen LogP contribution in [0.5, 0.6) is 0 Å². The molecular formula is C13H16FN3O3S. The van der Waals surface area contributed by atoms with Crippen LogP contribution in [0.3, 0.4) is 0 Å². The number of aliphatic hydroxyl groups is 1. The number of aryl methyl sites for hydroxylation is 1. The lowest BCUT2D eigenvalue weighted by atomic mass is 10.1. The van der Waals surface area contributed by atoms with Crippen molar-refractivity contribution >= 4 is 10.0 Å². The van der Waals surface area contributed by atoms with Gasteiger partial charge in [0.25, 0.3) is 0 Å². The van der Waals surface area contributed by atoms with Crippen molar-refractivity contribution in [3.63, 3.8) is 0 Å². The molecule has 0 bridgehead atoms. The summed E-state index contributed by atoms with van der Waals surface area (Å²) in [6.45, 7) is 2.78. The Hall–Kier alpha value is -1.77. The second-order valence-electron chi connectivity index (χ2n) is 4.70. The molecule has 0 fully saturated rings. The molecule has 6 nitrogen and oxygen atoms in total. The number of nitrogens with zero attached hydrogens (tertiary/aromatic N) is 1. The van der Waals surface area contributed by atoms with E-state index >= 15 is 0 Å². The molecule has 0 aliphatic carbocycles. The highest BCUT2D eigenvalue weighted by molar-refractivity contribution is 7.89. The van der Waals surface area contributed by atoms with E-state index < -0.39 is 22.4 Å². The van der Waals surface area contributed by atoms with Crippen molar-refractivity contribution in [3.8, 4) is 0 Å². The third-order valence-electron chi connectivity index (χ3n) is 3.22. The predicted octanol–water partition coefficient (Wildman–Crippen LogP) is 1.14. The van der Waals surface area contributed by atoms with E-state index in [9.17, 15) is 12.8 Å². The number of rotatable bonds is 5. The predicted molar refractivity (Wildman–Crippen MR) is 74.4 cm³/mol. The molecule has 3 N–H and O–H groups in total. The van der Waals surface area contributed by atoms with Crippen LogP contribution in [0.15, 0.2) is 23.2 Å². The zero-order valence-corrected chi connectivity index (χ0v) is 12.5. The van der Waals surface area contributed by atoms with E-state index in [-0.39, 0.29) is 22.6 Å². The van der Waals surface area contributed by atoms with Crippen molar-refractivity contribution < 1.29 is 17.9 Å². The first kappa shape index (κ1) is 15.6. The highest BCUT2D eigenvalue weighted by atomic mass is 32.2.